The van der Waals surface area contributed by atoms with Crippen LogP contribution in [0.2, 0.25) is 0 Å². The molecule has 8 nitrogen and oxygen atoms in total. The van der Waals surface area contributed by atoms with Crippen molar-refractivity contribution < 1.29 is 27.5 Å². The quantitative estimate of drug-likeness (QED) is 0.661. The Labute approximate surface area is 157 Å². The molecular weight excluding hydrogens is 380 g/mol. The minimum absolute atomic E-state index is 0.0107. The van der Waals surface area contributed by atoms with Crippen LogP contribution >= 0.6 is 11.3 Å². The first-order chi connectivity index (χ1) is 12.0. The molecule has 1 rings (SSSR count). The lowest BCUT2D eigenvalue weighted by Gasteiger charge is -2.09. The van der Waals surface area contributed by atoms with E-state index in [1.807, 2.05) is 0 Å². The van der Waals surface area contributed by atoms with Crippen LogP contribution in [0, 0.1) is 6.92 Å². The second kappa shape index (κ2) is 9.13. The minimum Gasteiger partial charge on any atom is -0.462 e. The number of ether oxygens (including phenoxy) is 1. The number of anilines is 1. The number of sulfone groups is 1. The lowest BCUT2D eigenvalue weighted by Crippen LogP contribution is -2.21. The highest BCUT2D eigenvalue weighted by molar-refractivity contribution is 7.90. The molecule has 0 radical (unpaired) electrons. The maximum Gasteiger partial charge on any atom is 0.341 e. The largest absolute Gasteiger partial charge is 0.462 e. The molecule has 0 atom stereocenters. The summed E-state index contributed by atoms with van der Waals surface area (Å²) in [5, 5.41) is 2.84. The lowest BCUT2D eigenvalue weighted by atomic mass is 10.1. The Morgan fingerprint density at radius 2 is 1.85 bits per heavy atom. The SMILES string of the molecule is CCOC(=O)c1c(NC(=O)CCCS(C)(=O)=O)sc(C(=O)N(C)C)c1C. The summed E-state index contributed by atoms with van der Waals surface area (Å²) in [5.41, 5.74) is 0.595. The van der Waals surface area contributed by atoms with Gasteiger partial charge >= 0.3 is 5.97 Å². The molecule has 1 aromatic heterocycles. The first-order valence-electron chi connectivity index (χ1n) is 7.97. The predicted molar refractivity (Wildman–Crippen MR) is 101 cm³/mol. The van der Waals surface area contributed by atoms with E-state index >= 15 is 0 Å². The third-order valence-electron chi connectivity index (χ3n) is 3.40. The third-order valence-corrected chi connectivity index (χ3v) is 5.62. The number of nitrogens with zero attached hydrogens (tertiary/aromatic N) is 1. The van der Waals surface area contributed by atoms with Gasteiger partial charge in [0.25, 0.3) is 5.91 Å². The van der Waals surface area contributed by atoms with Crippen LogP contribution < -0.4 is 5.32 Å². The molecule has 0 bridgehead atoms. The van der Waals surface area contributed by atoms with Crippen molar-refractivity contribution in [2.24, 2.45) is 0 Å². The maximum absolute atomic E-state index is 12.3. The predicted octanol–water partition coefficient (Wildman–Crippen LogP) is 1.70. The van der Waals surface area contributed by atoms with E-state index in [1.54, 1.807) is 27.9 Å². The van der Waals surface area contributed by atoms with E-state index in [9.17, 15) is 22.8 Å². The summed E-state index contributed by atoms with van der Waals surface area (Å²) in [6.07, 6.45) is 1.27. The van der Waals surface area contributed by atoms with Gasteiger partial charge in [-0.3, -0.25) is 9.59 Å². The highest BCUT2D eigenvalue weighted by atomic mass is 32.2. The van der Waals surface area contributed by atoms with Crippen LogP contribution in [0.4, 0.5) is 5.00 Å². The molecular formula is C16H24N2O6S2. The summed E-state index contributed by atoms with van der Waals surface area (Å²) in [6.45, 7) is 3.44. The molecule has 146 valence electrons. The van der Waals surface area contributed by atoms with Crippen molar-refractivity contribution in [1.82, 2.24) is 4.90 Å². The highest BCUT2D eigenvalue weighted by Crippen LogP contribution is 2.34. The van der Waals surface area contributed by atoms with Crippen molar-refractivity contribution >= 4 is 44.0 Å². The molecule has 2 amide bonds. The number of hydrogen-bond donors (Lipinski definition) is 1. The third kappa shape index (κ3) is 6.10. The van der Waals surface area contributed by atoms with Gasteiger partial charge in [0.15, 0.2) is 0 Å². The van der Waals surface area contributed by atoms with Crippen molar-refractivity contribution in [1.29, 1.82) is 0 Å². The molecule has 10 heteroatoms. The molecule has 0 saturated carbocycles. The Morgan fingerprint density at radius 1 is 1.23 bits per heavy atom. The Balaban J connectivity index is 3.08. The second-order valence-corrected chi connectivity index (χ2v) is 9.24. The van der Waals surface area contributed by atoms with Gasteiger partial charge in [-0.1, -0.05) is 0 Å². The molecule has 1 aromatic rings. The van der Waals surface area contributed by atoms with Crippen molar-refractivity contribution in [3.8, 4) is 0 Å². The van der Waals surface area contributed by atoms with Gasteiger partial charge in [-0.25, -0.2) is 13.2 Å². The summed E-state index contributed by atoms with van der Waals surface area (Å²) < 4.78 is 27.3. The fourth-order valence-corrected chi connectivity index (χ4v) is 4.04. The Bertz CT molecular complexity index is 796. The molecule has 0 spiro atoms. The smallest absolute Gasteiger partial charge is 0.341 e. The number of nitrogens with one attached hydrogen (secondary N) is 1. The van der Waals surface area contributed by atoms with Crippen LogP contribution in [-0.2, 0) is 19.4 Å². The second-order valence-electron chi connectivity index (χ2n) is 5.96. The Morgan fingerprint density at radius 3 is 2.35 bits per heavy atom. The van der Waals surface area contributed by atoms with Gasteiger partial charge in [0.05, 0.1) is 22.8 Å². The average molecular weight is 405 g/mol. The number of amides is 2. The van der Waals surface area contributed by atoms with Crippen molar-refractivity contribution in [2.75, 3.05) is 38.0 Å². The first-order valence-corrected chi connectivity index (χ1v) is 10.8. The zero-order valence-corrected chi connectivity index (χ0v) is 17.2. The summed E-state index contributed by atoms with van der Waals surface area (Å²) >= 11 is 1.00. The molecule has 1 heterocycles. The normalized spacial score (nSPS) is 11.1. The van der Waals surface area contributed by atoms with E-state index < -0.39 is 21.7 Å². The number of esters is 1. The number of hydrogen-bond acceptors (Lipinski definition) is 7. The Kier molecular flexibility index (Phi) is 7.76. The zero-order chi connectivity index (χ0) is 20.1. The highest BCUT2D eigenvalue weighted by Gasteiger charge is 2.27. The molecule has 0 aliphatic heterocycles. The fraction of sp³-hybridized carbons (Fsp3) is 0.562. The van der Waals surface area contributed by atoms with Crippen LogP contribution in [0.15, 0.2) is 0 Å². The standard InChI is InChI=1S/C16H24N2O6S2/c1-6-24-16(21)12-10(2)13(15(20)18(3)4)25-14(12)17-11(19)8-7-9-26(5,22)23/h6-9H2,1-5H3,(H,17,19). The summed E-state index contributed by atoms with van der Waals surface area (Å²) in [5.74, 6) is -1.43. The van der Waals surface area contributed by atoms with Crippen molar-refractivity contribution in [2.45, 2.75) is 26.7 Å². The summed E-state index contributed by atoms with van der Waals surface area (Å²) in [4.78, 5) is 38.4. The maximum atomic E-state index is 12.3. The van der Waals surface area contributed by atoms with E-state index in [-0.39, 0.29) is 41.7 Å². The molecule has 0 aliphatic carbocycles. The number of rotatable bonds is 8. The van der Waals surface area contributed by atoms with Gasteiger partial charge in [-0.05, 0) is 25.8 Å². The van der Waals surface area contributed by atoms with E-state index in [4.69, 9.17) is 4.74 Å². The van der Waals surface area contributed by atoms with Gasteiger partial charge in [0.2, 0.25) is 5.91 Å². The molecule has 1 N–H and O–H groups in total. The topological polar surface area (TPSA) is 110 Å². The van der Waals surface area contributed by atoms with Gasteiger partial charge in [-0.2, -0.15) is 0 Å². The average Bonchev–Trinajstić information content (AvgIpc) is 2.81. The molecule has 0 aliphatic rings. The van der Waals surface area contributed by atoms with Gasteiger partial charge in [0.1, 0.15) is 14.8 Å². The molecule has 0 fully saturated rings. The molecule has 0 aromatic carbocycles. The minimum atomic E-state index is -3.15. The number of carbonyl (C=O) groups excluding carboxylic acids is 3. The van der Waals surface area contributed by atoms with Gasteiger partial charge < -0.3 is 15.0 Å². The van der Waals surface area contributed by atoms with Gasteiger partial charge in [-0.15, -0.1) is 11.3 Å². The number of carbonyl (C=O) groups is 3. The Hall–Kier alpha value is -1.94. The fourth-order valence-electron chi connectivity index (χ4n) is 2.14. The lowest BCUT2D eigenvalue weighted by molar-refractivity contribution is -0.116. The van der Waals surface area contributed by atoms with Crippen molar-refractivity contribution in [3.05, 3.63) is 16.0 Å². The van der Waals surface area contributed by atoms with E-state index in [2.05, 4.69) is 5.32 Å². The van der Waals surface area contributed by atoms with Crippen molar-refractivity contribution in [3.63, 3.8) is 0 Å². The zero-order valence-electron chi connectivity index (χ0n) is 15.5. The summed E-state index contributed by atoms with van der Waals surface area (Å²) in [7, 11) is 0.0378. The molecule has 0 saturated heterocycles. The van der Waals surface area contributed by atoms with Crippen LogP contribution in [0.1, 0.15) is 45.4 Å². The van der Waals surface area contributed by atoms with Crippen LogP contribution in [-0.4, -0.2) is 63.8 Å². The van der Waals surface area contributed by atoms with E-state index in [1.165, 1.54) is 4.90 Å². The van der Waals surface area contributed by atoms with E-state index in [0.29, 0.717) is 10.4 Å². The molecule has 26 heavy (non-hydrogen) atoms. The van der Waals surface area contributed by atoms with E-state index in [0.717, 1.165) is 17.6 Å². The number of thiophene rings is 1. The van der Waals surface area contributed by atoms with Gasteiger partial charge in [0, 0.05) is 26.8 Å². The van der Waals surface area contributed by atoms with Crippen LogP contribution in [0.3, 0.4) is 0 Å². The summed E-state index contributed by atoms with van der Waals surface area (Å²) in [6, 6.07) is 0. The van der Waals surface area contributed by atoms with Crippen LogP contribution in [0.25, 0.3) is 0 Å². The molecule has 0 unspecified atom stereocenters. The monoisotopic (exact) mass is 404 g/mol. The first kappa shape index (κ1) is 22.1. The van der Waals surface area contributed by atoms with Crippen LogP contribution in [0.5, 0.6) is 0 Å².